The van der Waals surface area contributed by atoms with Gasteiger partial charge in [0.15, 0.2) is 5.78 Å². The van der Waals surface area contributed by atoms with Crippen molar-refractivity contribution in [3.05, 3.63) is 70.2 Å². The van der Waals surface area contributed by atoms with E-state index in [0.717, 1.165) is 24.8 Å². The van der Waals surface area contributed by atoms with E-state index in [4.69, 9.17) is 16.3 Å². The first-order valence-corrected chi connectivity index (χ1v) is 11.4. The number of aryl methyl sites for hydroxylation is 1. The lowest BCUT2D eigenvalue weighted by Crippen LogP contribution is -2.25. The first-order chi connectivity index (χ1) is 14.6. The summed E-state index contributed by atoms with van der Waals surface area (Å²) in [6, 6.07) is 14.4. The molecule has 1 atom stereocenters. The maximum absolute atomic E-state index is 13.3. The highest BCUT2D eigenvalue weighted by molar-refractivity contribution is 6.35. The maximum Gasteiger partial charge on any atom is 0.321 e. The number of halogens is 1. The summed E-state index contributed by atoms with van der Waals surface area (Å²) in [5.74, 6) is -1.82. The second-order valence-electron chi connectivity index (χ2n) is 7.78. The molecule has 0 N–H and O–H groups in total. The fraction of sp³-hybridized carbons (Fsp3) is 0.462. The fourth-order valence-electron chi connectivity index (χ4n) is 3.62. The highest BCUT2D eigenvalue weighted by atomic mass is 35.5. The van der Waals surface area contributed by atoms with Crippen LogP contribution in [0, 0.1) is 6.92 Å². The largest absolute Gasteiger partial charge is 0.465 e. The first kappa shape index (κ1) is 24.1. The zero-order valence-electron chi connectivity index (χ0n) is 18.2. The number of rotatable bonds is 13. The second kappa shape index (κ2) is 13.2. The fourth-order valence-corrected chi connectivity index (χ4v) is 3.94. The van der Waals surface area contributed by atoms with Crippen molar-refractivity contribution < 1.29 is 14.3 Å². The predicted molar refractivity (Wildman–Crippen MR) is 123 cm³/mol. The van der Waals surface area contributed by atoms with E-state index in [0.29, 0.717) is 22.8 Å². The third kappa shape index (κ3) is 7.28. The molecule has 0 bridgehead atoms. The molecule has 0 heterocycles. The Kier molecular flexibility index (Phi) is 10.6. The molecular weight excluding hydrogens is 396 g/mol. The van der Waals surface area contributed by atoms with Gasteiger partial charge in [-0.25, -0.2) is 0 Å². The van der Waals surface area contributed by atoms with Crippen molar-refractivity contribution in [2.24, 2.45) is 0 Å². The van der Waals surface area contributed by atoms with Gasteiger partial charge in [-0.15, -0.1) is 0 Å². The minimum absolute atomic E-state index is 0.315. The molecule has 30 heavy (non-hydrogen) atoms. The van der Waals surface area contributed by atoms with E-state index in [-0.39, 0.29) is 5.78 Å². The van der Waals surface area contributed by atoms with Gasteiger partial charge in [-0.3, -0.25) is 9.59 Å². The summed E-state index contributed by atoms with van der Waals surface area (Å²) >= 11 is 6.29. The van der Waals surface area contributed by atoms with Crippen LogP contribution in [0.5, 0.6) is 0 Å². The van der Waals surface area contributed by atoms with Crippen molar-refractivity contribution in [3.63, 3.8) is 0 Å². The molecule has 0 aromatic heterocycles. The molecule has 1 unspecified atom stereocenters. The van der Waals surface area contributed by atoms with Gasteiger partial charge < -0.3 is 4.74 Å². The van der Waals surface area contributed by atoms with Gasteiger partial charge in [0.1, 0.15) is 5.92 Å². The summed E-state index contributed by atoms with van der Waals surface area (Å²) in [7, 11) is 0. The number of carbonyl (C=O) groups excluding carboxylic acids is 2. The Morgan fingerprint density at radius 1 is 0.867 bits per heavy atom. The Bertz CT molecular complexity index is 781. The minimum Gasteiger partial charge on any atom is -0.465 e. The maximum atomic E-state index is 13.3. The molecule has 0 spiro atoms. The highest BCUT2D eigenvalue weighted by Crippen LogP contribution is 2.29. The summed E-state index contributed by atoms with van der Waals surface area (Å²) in [6.45, 7) is 4.38. The smallest absolute Gasteiger partial charge is 0.321 e. The number of benzene rings is 2. The molecule has 4 heteroatoms. The van der Waals surface area contributed by atoms with Crippen LogP contribution in [0.3, 0.4) is 0 Å². The van der Waals surface area contributed by atoms with Crippen molar-refractivity contribution in [3.8, 4) is 0 Å². The molecule has 2 aromatic carbocycles. The van der Waals surface area contributed by atoms with Crippen molar-refractivity contribution >= 4 is 23.4 Å². The molecule has 2 rings (SSSR count). The van der Waals surface area contributed by atoms with Gasteiger partial charge in [0, 0.05) is 5.56 Å². The van der Waals surface area contributed by atoms with Crippen LogP contribution in [0.2, 0.25) is 5.02 Å². The van der Waals surface area contributed by atoms with Crippen LogP contribution in [0.1, 0.15) is 85.7 Å². The van der Waals surface area contributed by atoms with Crippen molar-refractivity contribution in [1.29, 1.82) is 0 Å². The monoisotopic (exact) mass is 428 g/mol. The number of hydrogen-bond donors (Lipinski definition) is 0. The van der Waals surface area contributed by atoms with Crippen LogP contribution in [0.4, 0.5) is 0 Å². The SMILES string of the molecule is CCCCCCCCCCOC(=O)C(C(=O)c1c(C)cccc1Cl)c1ccccc1. The van der Waals surface area contributed by atoms with E-state index in [2.05, 4.69) is 6.92 Å². The first-order valence-electron chi connectivity index (χ1n) is 11.1. The van der Waals surface area contributed by atoms with E-state index < -0.39 is 11.9 Å². The van der Waals surface area contributed by atoms with Crippen molar-refractivity contribution in [1.82, 2.24) is 0 Å². The number of ether oxygens (including phenoxy) is 1. The van der Waals surface area contributed by atoms with Gasteiger partial charge >= 0.3 is 5.97 Å². The number of esters is 1. The van der Waals surface area contributed by atoms with E-state index in [1.807, 2.05) is 31.2 Å². The molecule has 0 amide bonds. The lowest BCUT2D eigenvalue weighted by atomic mass is 9.89. The summed E-state index contributed by atoms with van der Waals surface area (Å²) < 4.78 is 5.52. The van der Waals surface area contributed by atoms with Crippen LogP contribution in [0.15, 0.2) is 48.5 Å². The van der Waals surface area contributed by atoms with Gasteiger partial charge in [-0.1, -0.05) is 106 Å². The average Bonchev–Trinajstić information content (AvgIpc) is 2.73. The average molecular weight is 429 g/mol. The third-order valence-electron chi connectivity index (χ3n) is 5.34. The van der Waals surface area contributed by atoms with Gasteiger partial charge in [0.05, 0.1) is 11.6 Å². The number of ketones is 1. The van der Waals surface area contributed by atoms with Gasteiger partial charge in [0.25, 0.3) is 0 Å². The number of hydrogen-bond acceptors (Lipinski definition) is 3. The van der Waals surface area contributed by atoms with Crippen molar-refractivity contribution in [2.45, 2.75) is 71.1 Å². The van der Waals surface area contributed by atoms with E-state index in [1.165, 1.54) is 32.1 Å². The Hall–Kier alpha value is -2.13. The van der Waals surface area contributed by atoms with E-state index >= 15 is 0 Å². The quantitative estimate of drug-likeness (QED) is 0.145. The minimum atomic E-state index is -1.00. The number of Topliss-reactive ketones (excluding diaryl/α,β-unsaturated/α-hetero) is 1. The van der Waals surface area contributed by atoms with E-state index in [9.17, 15) is 9.59 Å². The summed E-state index contributed by atoms with van der Waals surface area (Å²) in [5, 5.41) is 0.358. The van der Waals surface area contributed by atoms with E-state index in [1.54, 1.807) is 24.3 Å². The van der Waals surface area contributed by atoms with Crippen molar-refractivity contribution in [2.75, 3.05) is 6.61 Å². The molecule has 0 aliphatic heterocycles. The highest BCUT2D eigenvalue weighted by Gasteiger charge is 2.32. The Morgan fingerprint density at radius 3 is 2.13 bits per heavy atom. The second-order valence-corrected chi connectivity index (χ2v) is 8.19. The molecule has 162 valence electrons. The third-order valence-corrected chi connectivity index (χ3v) is 5.66. The normalized spacial score (nSPS) is 11.8. The van der Waals surface area contributed by atoms with Gasteiger partial charge in [0.2, 0.25) is 0 Å². The lowest BCUT2D eigenvalue weighted by molar-refractivity contribution is -0.144. The summed E-state index contributed by atoms with van der Waals surface area (Å²) in [5.41, 5.74) is 1.77. The summed E-state index contributed by atoms with van der Waals surface area (Å²) in [6.07, 6.45) is 9.37. The Morgan fingerprint density at radius 2 is 1.50 bits per heavy atom. The zero-order chi connectivity index (χ0) is 21.8. The molecular formula is C26H33ClO3. The van der Waals surface area contributed by atoms with Crippen LogP contribution in [-0.2, 0) is 9.53 Å². The molecule has 0 saturated carbocycles. The Labute approximate surface area is 185 Å². The Balaban J connectivity index is 1.97. The van der Waals surface area contributed by atoms with Gasteiger partial charge in [-0.2, -0.15) is 0 Å². The number of unbranched alkanes of at least 4 members (excludes halogenated alkanes) is 7. The van der Waals surface area contributed by atoms with Crippen LogP contribution in [-0.4, -0.2) is 18.4 Å². The molecule has 0 radical (unpaired) electrons. The molecule has 0 aliphatic carbocycles. The molecule has 0 fully saturated rings. The molecule has 0 aliphatic rings. The lowest BCUT2D eigenvalue weighted by Gasteiger charge is -2.17. The molecule has 2 aromatic rings. The standard InChI is InChI=1S/C26H33ClO3/c1-3-4-5-6-7-8-9-13-19-30-26(29)24(21-16-11-10-12-17-21)25(28)23-20(2)15-14-18-22(23)27/h10-12,14-18,24H,3-9,13,19H2,1-2H3. The molecule has 0 saturated heterocycles. The number of carbonyl (C=O) groups is 2. The van der Waals surface area contributed by atoms with Crippen LogP contribution < -0.4 is 0 Å². The molecule has 3 nitrogen and oxygen atoms in total. The summed E-state index contributed by atoms with van der Waals surface area (Å²) in [4.78, 5) is 26.2. The van der Waals surface area contributed by atoms with Crippen LogP contribution >= 0.6 is 11.6 Å². The zero-order valence-corrected chi connectivity index (χ0v) is 18.9. The van der Waals surface area contributed by atoms with Gasteiger partial charge in [-0.05, 0) is 30.5 Å². The predicted octanol–water partition coefficient (Wildman–Crippen LogP) is 7.30. The topological polar surface area (TPSA) is 43.4 Å². The van der Waals surface area contributed by atoms with Crippen LogP contribution in [0.25, 0.3) is 0 Å².